The smallest absolute Gasteiger partial charge is 0.224 e. The molecule has 0 spiro atoms. The molecule has 0 saturated heterocycles. The Morgan fingerprint density at radius 3 is 2.71 bits per heavy atom. The van der Waals surface area contributed by atoms with E-state index in [1.807, 2.05) is 43.3 Å². The van der Waals surface area contributed by atoms with Crippen molar-refractivity contribution in [2.24, 2.45) is 0 Å². The highest BCUT2D eigenvalue weighted by Crippen LogP contribution is 2.34. The molecule has 0 fully saturated rings. The zero-order valence-corrected chi connectivity index (χ0v) is 18.9. The van der Waals surface area contributed by atoms with E-state index in [4.69, 9.17) is 0 Å². The minimum atomic E-state index is -0.0617. The summed E-state index contributed by atoms with van der Waals surface area (Å²) in [5, 5.41) is 12.5. The minimum absolute atomic E-state index is 0.0617. The summed E-state index contributed by atoms with van der Waals surface area (Å²) in [5.74, 6) is -0.0617. The van der Waals surface area contributed by atoms with Gasteiger partial charge in [0.25, 0.3) is 0 Å². The Kier molecular flexibility index (Phi) is 5.03. The highest BCUT2D eigenvalue weighted by atomic mass is 16.1. The average molecular weight is 460 g/mol. The number of nitrogens with zero attached hydrogens (tertiary/aromatic N) is 4. The van der Waals surface area contributed by atoms with Crippen molar-refractivity contribution in [3.63, 3.8) is 0 Å². The number of anilines is 1. The molecular weight excluding hydrogens is 438 g/mol. The second-order valence-corrected chi connectivity index (χ2v) is 8.22. The van der Waals surface area contributed by atoms with Crippen LogP contribution in [0.3, 0.4) is 0 Å². The highest BCUT2D eigenvalue weighted by Gasteiger charge is 2.15. The van der Waals surface area contributed by atoms with Crippen LogP contribution in [0.25, 0.3) is 55.7 Å². The zero-order chi connectivity index (χ0) is 23.8. The van der Waals surface area contributed by atoms with Gasteiger partial charge in [0, 0.05) is 46.2 Å². The molecule has 0 saturated carbocycles. The standard InChI is InChI=1S/C27H21N7O/c1-2-26(35)31-17-10-16(13-28-14-17)23-12-20-25(15-30-23)33-34-27(20)24-11-19-18(6-5-8-22(19)32-24)21-7-3-4-9-29-21/h3-15,32H,2H2,1H3,(H,31,35)(H,33,34). The number of carbonyl (C=O) groups excluding carboxylic acids is 1. The van der Waals surface area contributed by atoms with Gasteiger partial charge >= 0.3 is 0 Å². The maximum atomic E-state index is 11.8. The van der Waals surface area contributed by atoms with Gasteiger partial charge in [0.15, 0.2) is 0 Å². The molecule has 5 heterocycles. The van der Waals surface area contributed by atoms with Crippen LogP contribution in [-0.2, 0) is 4.79 Å². The van der Waals surface area contributed by atoms with Crippen LogP contribution in [0, 0.1) is 0 Å². The number of carbonyl (C=O) groups is 1. The Bertz CT molecular complexity index is 1680. The third-order valence-corrected chi connectivity index (χ3v) is 5.95. The summed E-state index contributed by atoms with van der Waals surface area (Å²) >= 11 is 0. The molecule has 0 radical (unpaired) electrons. The van der Waals surface area contributed by atoms with Gasteiger partial charge in [-0.15, -0.1) is 0 Å². The molecule has 170 valence electrons. The Morgan fingerprint density at radius 2 is 1.86 bits per heavy atom. The maximum absolute atomic E-state index is 11.8. The summed E-state index contributed by atoms with van der Waals surface area (Å²) in [4.78, 5) is 28.7. The van der Waals surface area contributed by atoms with Crippen LogP contribution in [-0.4, -0.2) is 36.0 Å². The summed E-state index contributed by atoms with van der Waals surface area (Å²) in [7, 11) is 0. The largest absolute Gasteiger partial charge is 0.353 e. The molecule has 6 aromatic rings. The molecule has 8 nitrogen and oxygen atoms in total. The lowest BCUT2D eigenvalue weighted by Crippen LogP contribution is -2.09. The minimum Gasteiger partial charge on any atom is -0.353 e. The number of nitrogens with one attached hydrogen (secondary N) is 3. The van der Waals surface area contributed by atoms with E-state index >= 15 is 0 Å². The Labute approximate surface area is 200 Å². The lowest BCUT2D eigenvalue weighted by molar-refractivity contribution is -0.115. The molecule has 8 heteroatoms. The maximum Gasteiger partial charge on any atom is 0.224 e. The molecule has 0 atom stereocenters. The second-order valence-electron chi connectivity index (χ2n) is 8.22. The molecule has 1 aromatic carbocycles. The summed E-state index contributed by atoms with van der Waals surface area (Å²) < 4.78 is 0. The third-order valence-electron chi connectivity index (χ3n) is 5.95. The number of pyridine rings is 3. The summed E-state index contributed by atoms with van der Waals surface area (Å²) in [5.41, 5.74) is 7.71. The first-order chi connectivity index (χ1) is 17.2. The van der Waals surface area contributed by atoms with Gasteiger partial charge in [-0.3, -0.25) is 24.8 Å². The molecule has 3 N–H and O–H groups in total. The van der Waals surface area contributed by atoms with Crippen molar-refractivity contribution < 1.29 is 4.79 Å². The number of rotatable bonds is 5. The van der Waals surface area contributed by atoms with E-state index in [1.54, 1.807) is 24.8 Å². The van der Waals surface area contributed by atoms with Crippen molar-refractivity contribution in [3.8, 4) is 33.9 Å². The van der Waals surface area contributed by atoms with Crippen LogP contribution >= 0.6 is 0 Å². The van der Waals surface area contributed by atoms with Gasteiger partial charge in [0.1, 0.15) is 5.69 Å². The van der Waals surface area contributed by atoms with Crippen LogP contribution in [0.4, 0.5) is 5.69 Å². The lowest BCUT2D eigenvalue weighted by atomic mass is 10.1. The zero-order valence-electron chi connectivity index (χ0n) is 18.9. The van der Waals surface area contributed by atoms with Crippen molar-refractivity contribution in [1.82, 2.24) is 30.1 Å². The number of H-pyrrole nitrogens is 2. The molecule has 0 aliphatic heterocycles. The van der Waals surface area contributed by atoms with Gasteiger partial charge in [0.05, 0.1) is 40.7 Å². The number of hydrogen-bond acceptors (Lipinski definition) is 5. The van der Waals surface area contributed by atoms with E-state index in [1.165, 1.54) is 0 Å². The normalized spacial score (nSPS) is 11.2. The lowest BCUT2D eigenvalue weighted by Gasteiger charge is -2.06. The fraction of sp³-hybridized carbons (Fsp3) is 0.0741. The number of aromatic nitrogens is 6. The van der Waals surface area contributed by atoms with Gasteiger partial charge in [-0.1, -0.05) is 25.1 Å². The molecule has 0 aliphatic rings. The van der Waals surface area contributed by atoms with Crippen LogP contribution in [0.1, 0.15) is 13.3 Å². The van der Waals surface area contributed by atoms with Crippen molar-refractivity contribution in [1.29, 1.82) is 0 Å². The van der Waals surface area contributed by atoms with E-state index < -0.39 is 0 Å². The quantitative estimate of drug-likeness (QED) is 0.312. The van der Waals surface area contributed by atoms with Crippen LogP contribution in [0.2, 0.25) is 0 Å². The number of hydrogen-bond donors (Lipinski definition) is 3. The van der Waals surface area contributed by atoms with Gasteiger partial charge in [-0.25, -0.2) is 0 Å². The molecule has 0 bridgehead atoms. The topological polar surface area (TPSA) is 112 Å². The summed E-state index contributed by atoms with van der Waals surface area (Å²) in [6.45, 7) is 1.81. The van der Waals surface area contributed by atoms with E-state index in [0.29, 0.717) is 12.1 Å². The molecule has 35 heavy (non-hydrogen) atoms. The first-order valence-electron chi connectivity index (χ1n) is 11.3. The molecule has 1 amide bonds. The fourth-order valence-electron chi connectivity index (χ4n) is 4.21. The van der Waals surface area contributed by atoms with E-state index in [0.717, 1.165) is 55.7 Å². The number of amides is 1. The fourth-order valence-corrected chi connectivity index (χ4v) is 4.21. The Morgan fingerprint density at radius 1 is 0.914 bits per heavy atom. The second kappa shape index (κ2) is 8.49. The van der Waals surface area contributed by atoms with Gasteiger partial charge in [-0.05, 0) is 36.4 Å². The number of fused-ring (bicyclic) bond motifs is 2. The molecule has 6 rings (SSSR count). The van der Waals surface area contributed by atoms with Crippen LogP contribution in [0.5, 0.6) is 0 Å². The van der Waals surface area contributed by atoms with E-state index in [-0.39, 0.29) is 5.91 Å². The first-order valence-corrected chi connectivity index (χ1v) is 11.3. The van der Waals surface area contributed by atoms with Crippen molar-refractivity contribution in [3.05, 3.63) is 79.4 Å². The predicted molar refractivity (Wildman–Crippen MR) is 137 cm³/mol. The predicted octanol–water partition coefficient (Wildman–Crippen LogP) is 5.58. The molecule has 0 aliphatic carbocycles. The number of aromatic amines is 2. The Hall–Kier alpha value is -4.85. The average Bonchev–Trinajstić information content (AvgIpc) is 3.53. The van der Waals surface area contributed by atoms with E-state index in [9.17, 15) is 4.79 Å². The van der Waals surface area contributed by atoms with Crippen LogP contribution < -0.4 is 5.32 Å². The SMILES string of the molecule is CCC(=O)Nc1cncc(-c2cc3c(-c4cc5c(-c6ccccn6)cccc5[nH]4)n[nH]c3cn2)c1. The van der Waals surface area contributed by atoms with Crippen molar-refractivity contribution in [2.45, 2.75) is 13.3 Å². The third kappa shape index (κ3) is 3.80. The number of benzene rings is 1. The van der Waals surface area contributed by atoms with Gasteiger partial charge in [0.2, 0.25) is 5.91 Å². The van der Waals surface area contributed by atoms with Crippen molar-refractivity contribution >= 4 is 33.4 Å². The van der Waals surface area contributed by atoms with Gasteiger partial charge < -0.3 is 10.3 Å². The van der Waals surface area contributed by atoms with Gasteiger partial charge in [-0.2, -0.15) is 5.10 Å². The highest BCUT2D eigenvalue weighted by molar-refractivity contribution is 6.01. The van der Waals surface area contributed by atoms with E-state index in [2.05, 4.69) is 53.6 Å². The summed E-state index contributed by atoms with van der Waals surface area (Å²) in [6.07, 6.45) is 7.33. The van der Waals surface area contributed by atoms with Crippen LogP contribution in [0.15, 0.2) is 79.4 Å². The molecule has 5 aromatic heterocycles. The molecule has 0 unspecified atom stereocenters. The Balaban J connectivity index is 1.43. The molecular formula is C27H21N7O. The first kappa shape index (κ1) is 20.7. The summed E-state index contributed by atoms with van der Waals surface area (Å²) in [6, 6.07) is 18.0. The van der Waals surface area contributed by atoms with Crippen molar-refractivity contribution in [2.75, 3.05) is 5.32 Å². The monoisotopic (exact) mass is 459 g/mol.